The maximum Gasteiger partial charge on any atom is 0.219 e. The Hall–Kier alpha value is -0.730. The van der Waals surface area contributed by atoms with E-state index in [1.54, 1.807) is 7.05 Å². The standard InChI is InChI=1S/C34H65N5O2/c1-24(8-11-31(41)36-4)27-9-10-28-32-29(13-15-34(27,28)3)33(2)14-12-26(22-25(33)23-30(32)40)39-21-7-20-38-19-6-18-37-17-5-16-35/h24-30,32,37-40H,5-23,35H2,1-4H3,(H,36,41)/t24-,25?,26+,27-,28?,29?,30-,32?,33+,34-/m1/s1. The Morgan fingerprint density at radius 2 is 1.56 bits per heavy atom. The molecule has 4 unspecified atom stereocenters. The fourth-order valence-corrected chi connectivity index (χ4v) is 10.4. The van der Waals surface area contributed by atoms with Crippen LogP contribution in [0.2, 0.25) is 0 Å². The molecule has 0 spiro atoms. The first-order valence-corrected chi connectivity index (χ1v) is 17.5. The molecule has 0 aromatic rings. The second kappa shape index (κ2) is 15.3. The van der Waals surface area contributed by atoms with Crippen LogP contribution in [0.3, 0.4) is 0 Å². The quantitative estimate of drug-likeness (QED) is 0.155. The number of nitrogens with two attached hydrogens (primary N) is 1. The monoisotopic (exact) mass is 576 g/mol. The summed E-state index contributed by atoms with van der Waals surface area (Å²) in [6, 6.07) is 0.606. The number of amides is 1. The lowest BCUT2D eigenvalue weighted by atomic mass is 9.43. The maximum atomic E-state index is 11.9. The third-order valence-electron chi connectivity index (χ3n) is 12.8. The van der Waals surface area contributed by atoms with Crippen LogP contribution in [0.1, 0.15) is 104 Å². The van der Waals surface area contributed by atoms with E-state index in [0.717, 1.165) is 58.5 Å². The van der Waals surface area contributed by atoms with Gasteiger partial charge in [0, 0.05) is 19.5 Å². The zero-order chi connectivity index (χ0) is 29.5. The summed E-state index contributed by atoms with van der Waals surface area (Å²) in [5.74, 6) is 3.85. The van der Waals surface area contributed by atoms with Gasteiger partial charge in [0.05, 0.1) is 6.10 Å². The molecule has 0 aromatic carbocycles. The number of aliphatic hydroxyl groups is 1. The first kappa shape index (κ1) is 33.2. The third kappa shape index (κ3) is 7.68. The minimum absolute atomic E-state index is 0.143. The van der Waals surface area contributed by atoms with Crippen LogP contribution in [0.5, 0.6) is 0 Å². The molecule has 0 radical (unpaired) electrons. The lowest BCUT2D eigenvalue weighted by Crippen LogP contribution is -2.59. The highest BCUT2D eigenvalue weighted by Crippen LogP contribution is 2.68. The number of nitrogens with one attached hydrogen (secondary N) is 4. The van der Waals surface area contributed by atoms with Gasteiger partial charge in [-0.15, -0.1) is 0 Å². The lowest BCUT2D eigenvalue weighted by molar-refractivity contribution is -0.167. The fraction of sp³-hybridized carbons (Fsp3) is 0.971. The van der Waals surface area contributed by atoms with E-state index in [1.807, 2.05) is 0 Å². The van der Waals surface area contributed by atoms with Crippen molar-refractivity contribution in [3.05, 3.63) is 0 Å². The number of hydrogen-bond donors (Lipinski definition) is 6. The van der Waals surface area contributed by atoms with Crippen LogP contribution in [0, 0.1) is 46.3 Å². The van der Waals surface area contributed by atoms with Crippen LogP contribution in [-0.2, 0) is 4.79 Å². The number of rotatable bonds is 16. The van der Waals surface area contributed by atoms with Gasteiger partial charge in [0.2, 0.25) is 5.91 Å². The molecule has 0 aromatic heterocycles. The molecule has 4 fully saturated rings. The Balaban J connectivity index is 1.22. The zero-order valence-corrected chi connectivity index (χ0v) is 27.0. The molecule has 41 heavy (non-hydrogen) atoms. The molecule has 7 heteroatoms. The van der Waals surface area contributed by atoms with Crippen LogP contribution in [0.4, 0.5) is 0 Å². The third-order valence-corrected chi connectivity index (χ3v) is 12.8. The summed E-state index contributed by atoms with van der Waals surface area (Å²) in [5, 5.41) is 25.5. The summed E-state index contributed by atoms with van der Waals surface area (Å²) < 4.78 is 0. The Morgan fingerprint density at radius 3 is 2.27 bits per heavy atom. The van der Waals surface area contributed by atoms with E-state index in [0.29, 0.717) is 58.8 Å². The summed E-state index contributed by atoms with van der Waals surface area (Å²) in [4.78, 5) is 11.9. The molecule has 4 aliphatic rings. The van der Waals surface area contributed by atoms with Crippen LogP contribution >= 0.6 is 0 Å². The molecule has 0 bridgehead atoms. The lowest BCUT2D eigenvalue weighted by Gasteiger charge is -2.62. The summed E-state index contributed by atoms with van der Waals surface area (Å²) in [5.41, 5.74) is 6.24. The molecule has 0 heterocycles. The molecule has 0 aliphatic heterocycles. The molecule has 10 atom stereocenters. The van der Waals surface area contributed by atoms with Crippen molar-refractivity contribution >= 4 is 5.91 Å². The summed E-state index contributed by atoms with van der Waals surface area (Å²) in [6.45, 7) is 13.7. The van der Waals surface area contributed by atoms with Gasteiger partial charge in [0.25, 0.3) is 0 Å². The topological polar surface area (TPSA) is 111 Å². The van der Waals surface area contributed by atoms with Gasteiger partial charge in [0.1, 0.15) is 0 Å². The Bertz CT molecular complexity index is 812. The van der Waals surface area contributed by atoms with Crippen molar-refractivity contribution < 1.29 is 9.90 Å². The molecule has 7 N–H and O–H groups in total. The molecule has 4 saturated carbocycles. The average molecular weight is 576 g/mol. The van der Waals surface area contributed by atoms with E-state index in [1.165, 1.54) is 57.8 Å². The van der Waals surface area contributed by atoms with E-state index < -0.39 is 0 Å². The minimum Gasteiger partial charge on any atom is -0.393 e. The first-order chi connectivity index (χ1) is 19.7. The van der Waals surface area contributed by atoms with Crippen molar-refractivity contribution in [1.29, 1.82) is 0 Å². The maximum absolute atomic E-state index is 11.9. The molecular weight excluding hydrogens is 510 g/mol. The van der Waals surface area contributed by atoms with Crippen LogP contribution < -0.4 is 27.0 Å². The Morgan fingerprint density at radius 1 is 0.902 bits per heavy atom. The van der Waals surface area contributed by atoms with Crippen LogP contribution in [0.25, 0.3) is 0 Å². The number of carbonyl (C=O) groups is 1. The van der Waals surface area contributed by atoms with E-state index >= 15 is 0 Å². The van der Waals surface area contributed by atoms with E-state index in [-0.39, 0.29) is 12.0 Å². The van der Waals surface area contributed by atoms with Gasteiger partial charge >= 0.3 is 0 Å². The highest BCUT2D eigenvalue weighted by molar-refractivity contribution is 5.75. The predicted molar refractivity (Wildman–Crippen MR) is 170 cm³/mol. The molecular formula is C34H65N5O2. The van der Waals surface area contributed by atoms with E-state index in [2.05, 4.69) is 42.0 Å². The Kier molecular flexibility index (Phi) is 12.4. The second-order valence-corrected chi connectivity index (χ2v) is 15.0. The van der Waals surface area contributed by atoms with Crippen molar-refractivity contribution in [2.45, 2.75) is 116 Å². The van der Waals surface area contributed by atoms with Gasteiger partial charge < -0.3 is 32.1 Å². The predicted octanol–water partition coefficient (Wildman–Crippen LogP) is 4.04. The van der Waals surface area contributed by atoms with Crippen LogP contribution in [0.15, 0.2) is 0 Å². The number of carbonyl (C=O) groups excluding carboxylic acids is 1. The molecule has 4 aliphatic carbocycles. The molecule has 238 valence electrons. The van der Waals surface area contributed by atoms with Crippen molar-refractivity contribution in [3.8, 4) is 0 Å². The highest BCUT2D eigenvalue weighted by atomic mass is 16.3. The van der Waals surface area contributed by atoms with Gasteiger partial charge in [-0.1, -0.05) is 20.8 Å². The van der Waals surface area contributed by atoms with E-state index in [9.17, 15) is 9.90 Å². The molecule has 7 nitrogen and oxygen atoms in total. The summed E-state index contributed by atoms with van der Waals surface area (Å²) in [7, 11) is 1.74. The summed E-state index contributed by atoms with van der Waals surface area (Å²) in [6.07, 6.45) is 14.9. The largest absolute Gasteiger partial charge is 0.393 e. The number of hydrogen-bond acceptors (Lipinski definition) is 6. The molecule has 4 rings (SSSR count). The van der Waals surface area contributed by atoms with Crippen molar-refractivity contribution in [1.82, 2.24) is 21.3 Å². The zero-order valence-electron chi connectivity index (χ0n) is 27.0. The highest BCUT2D eigenvalue weighted by Gasteiger charge is 2.62. The summed E-state index contributed by atoms with van der Waals surface area (Å²) >= 11 is 0. The number of fused-ring (bicyclic) bond motifs is 5. The van der Waals surface area contributed by atoms with Gasteiger partial charge in [-0.05, 0) is 163 Å². The van der Waals surface area contributed by atoms with Gasteiger partial charge in [-0.2, -0.15) is 0 Å². The van der Waals surface area contributed by atoms with Gasteiger partial charge in [-0.3, -0.25) is 4.79 Å². The van der Waals surface area contributed by atoms with Gasteiger partial charge in [0.15, 0.2) is 0 Å². The van der Waals surface area contributed by atoms with Crippen molar-refractivity contribution in [2.75, 3.05) is 46.3 Å². The smallest absolute Gasteiger partial charge is 0.219 e. The van der Waals surface area contributed by atoms with E-state index in [4.69, 9.17) is 5.73 Å². The van der Waals surface area contributed by atoms with Crippen LogP contribution in [-0.4, -0.2) is 69.5 Å². The van der Waals surface area contributed by atoms with Gasteiger partial charge in [-0.25, -0.2) is 0 Å². The van der Waals surface area contributed by atoms with Crippen molar-refractivity contribution in [2.24, 2.45) is 52.1 Å². The normalized spacial score (nSPS) is 39.0. The molecule has 1 amide bonds. The Labute approximate surface area is 251 Å². The minimum atomic E-state index is -0.143. The first-order valence-electron chi connectivity index (χ1n) is 17.5. The molecule has 0 saturated heterocycles. The fourth-order valence-electron chi connectivity index (χ4n) is 10.4. The SMILES string of the molecule is CNC(=O)CC[C@@H](C)[C@H]1CCC2C3C(CC[C@@]21C)[C@@]1(C)CC[C@H](NCCCNCCCNCCCN)CC1C[C@H]3O. The van der Waals surface area contributed by atoms with Crippen molar-refractivity contribution in [3.63, 3.8) is 0 Å². The second-order valence-electron chi connectivity index (χ2n) is 15.0. The average Bonchev–Trinajstić information content (AvgIpc) is 3.32. The number of aliphatic hydroxyl groups excluding tert-OH is 1.